The molecular formula is C26H26N4O4S. The lowest BCUT2D eigenvalue weighted by molar-refractivity contribution is 0.102. The molecule has 1 amide bonds. The molecule has 4 aromatic rings. The van der Waals surface area contributed by atoms with Gasteiger partial charge in [0.25, 0.3) is 5.91 Å². The highest BCUT2D eigenvalue weighted by atomic mass is 32.2. The molecule has 180 valence electrons. The van der Waals surface area contributed by atoms with E-state index in [1.165, 1.54) is 28.6 Å². The number of nitrogens with zero attached hydrogens (tertiary/aromatic N) is 3. The summed E-state index contributed by atoms with van der Waals surface area (Å²) in [6.45, 7) is 4.39. The number of benzene rings is 3. The molecule has 1 aromatic heterocycles. The fraction of sp³-hybridized carbons (Fsp3) is 0.192. The maximum atomic E-state index is 13.1. The van der Waals surface area contributed by atoms with Crippen molar-refractivity contribution in [2.75, 3.05) is 11.9 Å². The van der Waals surface area contributed by atoms with E-state index in [0.717, 1.165) is 16.7 Å². The van der Waals surface area contributed by atoms with Crippen LogP contribution in [0.15, 0.2) is 88.2 Å². The van der Waals surface area contributed by atoms with Gasteiger partial charge >= 0.3 is 6.01 Å². The second kappa shape index (κ2) is 10.6. The van der Waals surface area contributed by atoms with E-state index >= 15 is 0 Å². The normalized spacial score (nSPS) is 11.5. The minimum absolute atomic E-state index is 0.0196. The van der Waals surface area contributed by atoms with E-state index in [2.05, 4.69) is 15.5 Å². The number of rotatable bonds is 9. The molecule has 0 saturated carbocycles. The molecule has 0 spiro atoms. The summed E-state index contributed by atoms with van der Waals surface area (Å²) in [6, 6.07) is 23.1. The topological polar surface area (TPSA) is 105 Å². The van der Waals surface area contributed by atoms with Crippen LogP contribution < -0.4 is 5.32 Å². The highest BCUT2D eigenvalue weighted by Gasteiger charge is 2.23. The number of hydrogen-bond acceptors (Lipinski definition) is 6. The molecule has 1 heterocycles. The second-order valence-electron chi connectivity index (χ2n) is 8.06. The highest BCUT2D eigenvalue weighted by Crippen LogP contribution is 2.20. The predicted molar refractivity (Wildman–Crippen MR) is 132 cm³/mol. The summed E-state index contributed by atoms with van der Waals surface area (Å²) in [4.78, 5) is 12.7. The van der Waals surface area contributed by atoms with Crippen molar-refractivity contribution in [3.8, 4) is 0 Å². The second-order valence-corrected chi connectivity index (χ2v) is 10.00. The molecule has 9 heteroatoms. The van der Waals surface area contributed by atoms with Crippen molar-refractivity contribution in [1.82, 2.24) is 14.5 Å². The third kappa shape index (κ3) is 6.00. The summed E-state index contributed by atoms with van der Waals surface area (Å²) >= 11 is 0. The minimum Gasteiger partial charge on any atom is -0.407 e. The fourth-order valence-electron chi connectivity index (χ4n) is 3.51. The molecule has 0 unspecified atom stereocenters. The van der Waals surface area contributed by atoms with E-state index in [1.807, 2.05) is 61.5 Å². The van der Waals surface area contributed by atoms with Gasteiger partial charge in [0.05, 0.1) is 11.3 Å². The highest BCUT2D eigenvalue weighted by molar-refractivity contribution is 7.89. The van der Waals surface area contributed by atoms with E-state index in [4.69, 9.17) is 4.42 Å². The molecule has 0 saturated heterocycles. The molecule has 0 atom stereocenters. The van der Waals surface area contributed by atoms with Crippen molar-refractivity contribution in [2.45, 2.75) is 31.7 Å². The zero-order chi connectivity index (χ0) is 24.8. The number of carbonyl (C=O) groups is 1. The number of amides is 1. The molecule has 0 fully saturated rings. The van der Waals surface area contributed by atoms with Gasteiger partial charge in [0, 0.05) is 18.7 Å². The number of aromatic nitrogens is 2. The molecule has 0 aliphatic heterocycles. The Bertz CT molecular complexity index is 1380. The quantitative estimate of drug-likeness (QED) is 0.372. The van der Waals surface area contributed by atoms with Crippen molar-refractivity contribution < 1.29 is 17.6 Å². The largest absolute Gasteiger partial charge is 0.407 e. The van der Waals surface area contributed by atoms with Gasteiger partial charge in [-0.05, 0) is 42.3 Å². The summed E-state index contributed by atoms with van der Waals surface area (Å²) in [5.41, 5.74) is 3.34. The monoisotopic (exact) mass is 490 g/mol. The number of sulfonamides is 1. The fourth-order valence-corrected chi connectivity index (χ4v) is 4.94. The summed E-state index contributed by atoms with van der Waals surface area (Å²) in [7, 11) is -3.72. The lowest BCUT2D eigenvalue weighted by atomic mass is 10.1. The summed E-state index contributed by atoms with van der Waals surface area (Å²) in [5.74, 6) is -0.0974. The van der Waals surface area contributed by atoms with Crippen LogP contribution in [-0.4, -0.2) is 35.4 Å². The van der Waals surface area contributed by atoms with E-state index < -0.39 is 15.9 Å². The first-order valence-electron chi connectivity index (χ1n) is 11.2. The number of hydrogen-bond donors (Lipinski definition) is 1. The van der Waals surface area contributed by atoms with Crippen molar-refractivity contribution in [3.63, 3.8) is 0 Å². The lowest BCUT2D eigenvalue weighted by Crippen LogP contribution is -2.30. The molecule has 0 bridgehead atoms. The van der Waals surface area contributed by atoms with Crippen LogP contribution >= 0.6 is 0 Å². The first-order valence-corrected chi connectivity index (χ1v) is 12.6. The van der Waals surface area contributed by atoms with Gasteiger partial charge in [-0.15, -0.1) is 5.10 Å². The van der Waals surface area contributed by atoms with E-state index in [1.54, 1.807) is 6.92 Å². The van der Waals surface area contributed by atoms with Crippen LogP contribution in [0.25, 0.3) is 0 Å². The van der Waals surface area contributed by atoms with Crippen LogP contribution in [0.4, 0.5) is 6.01 Å². The van der Waals surface area contributed by atoms with E-state index in [0.29, 0.717) is 18.9 Å². The van der Waals surface area contributed by atoms with Gasteiger partial charge in [0.1, 0.15) is 0 Å². The van der Waals surface area contributed by atoms with Crippen LogP contribution in [0.5, 0.6) is 0 Å². The number of aryl methyl sites for hydroxylation is 1. The third-order valence-corrected chi connectivity index (χ3v) is 7.41. The molecule has 35 heavy (non-hydrogen) atoms. The first kappa shape index (κ1) is 24.3. The molecule has 8 nitrogen and oxygen atoms in total. The smallest absolute Gasteiger partial charge is 0.322 e. The van der Waals surface area contributed by atoms with Gasteiger partial charge in [0.15, 0.2) is 0 Å². The minimum atomic E-state index is -3.72. The van der Waals surface area contributed by atoms with Crippen LogP contribution in [0, 0.1) is 6.92 Å². The molecule has 0 radical (unpaired) electrons. The summed E-state index contributed by atoms with van der Waals surface area (Å²) < 4.78 is 33.1. The van der Waals surface area contributed by atoms with Crippen molar-refractivity contribution in [2.24, 2.45) is 0 Å². The molecule has 1 N–H and O–H groups in total. The van der Waals surface area contributed by atoms with Crippen LogP contribution in [0.1, 0.15) is 39.9 Å². The number of nitrogens with one attached hydrogen (secondary N) is 1. The van der Waals surface area contributed by atoms with Gasteiger partial charge in [-0.2, -0.15) is 4.31 Å². The molecule has 0 aliphatic rings. The zero-order valence-electron chi connectivity index (χ0n) is 19.5. The first-order chi connectivity index (χ1) is 16.8. The van der Waals surface area contributed by atoms with Crippen molar-refractivity contribution >= 4 is 21.9 Å². The zero-order valence-corrected chi connectivity index (χ0v) is 20.3. The Morgan fingerprint density at radius 1 is 0.914 bits per heavy atom. The Hall–Kier alpha value is -3.82. The summed E-state index contributed by atoms with van der Waals surface area (Å²) in [6.07, 6.45) is 0.451. The van der Waals surface area contributed by atoms with Gasteiger partial charge in [-0.25, -0.2) is 8.42 Å². The van der Waals surface area contributed by atoms with Crippen molar-refractivity contribution in [3.05, 3.63) is 107 Å². The molecule has 4 rings (SSSR count). The van der Waals surface area contributed by atoms with Crippen molar-refractivity contribution in [1.29, 1.82) is 0 Å². The number of carbonyl (C=O) groups excluding carboxylic acids is 1. The van der Waals surface area contributed by atoms with Crippen LogP contribution in [0.3, 0.4) is 0 Å². The van der Waals surface area contributed by atoms with Gasteiger partial charge < -0.3 is 4.42 Å². The standard InChI is InChI=1S/C26H26N4O4S/c1-3-30(18-21-7-5-4-6-8-21)35(32,33)23-15-13-22(14-16-23)25(31)27-26-29-28-24(34-26)17-20-11-9-19(2)10-12-20/h4-16H,3,17-18H2,1-2H3,(H,27,29,31). The Kier molecular flexibility index (Phi) is 7.38. The maximum Gasteiger partial charge on any atom is 0.322 e. The van der Waals surface area contributed by atoms with Gasteiger partial charge in [0.2, 0.25) is 15.9 Å². The maximum absolute atomic E-state index is 13.1. The van der Waals surface area contributed by atoms with Gasteiger partial charge in [-0.1, -0.05) is 72.2 Å². The number of anilines is 1. The van der Waals surface area contributed by atoms with Crippen LogP contribution in [-0.2, 0) is 23.0 Å². The Morgan fingerprint density at radius 2 is 1.60 bits per heavy atom. The molecule has 3 aromatic carbocycles. The van der Waals surface area contributed by atoms with Gasteiger partial charge in [-0.3, -0.25) is 10.1 Å². The predicted octanol–water partition coefficient (Wildman–Crippen LogP) is 4.43. The average molecular weight is 491 g/mol. The molecule has 0 aliphatic carbocycles. The molecular weight excluding hydrogens is 464 g/mol. The average Bonchev–Trinajstić information content (AvgIpc) is 3.31. The Balaban J connectivity index is 1.41. The third-order valence-electron chi connectivity index (χ3n) is 5.47. The Labute approximate surface area is 204 Å². The SMILES string of the molecule is CCN(Cc1ccccc1)S(=O)(=O)c1ccc(C(=O)Nc2nnc(Cc3ccc(C)cc3)o2)cc1. The van der Waals surface area contributed by atoms with E-state index in [-0.39, 0.29) is 23.0 Å². The Morgan fingerprint density at radius 3 is 2.26 bits per heavy atom. The van der Waals surface area contributed by atoms with E-state index in [9.17, 15) is 13.2 Å². The lowest BCUT2D eigenvalue weighted by Gasteiger charge is -2.20. The summed E-state index contributed by atoms with van der Waals surface area (Å²) in [5, 5.41) is 10.4. The van der Waals surface area contributed by atoms with Crippen LogP contribution in [0.2, 0.25) is 0 Å².